The fourth-order valence-corrected chi connectivity index (χ4v) is 9.20. The summed E-state index contributed by atoms with van der Waals surface area (Å²) in [6.07, 6.45) is 21.5. The first-order chi connectivity index (χ1) is 32.0. The van der Waals surface area contributed by atoms with E-state index in [1.165, 1.54) is 49.7 Å². The Morgan fingerprint density at radius 3 is 1.49 bits per heavy atom. The highest BCUT2D eigenvalue weighted by Gasteiger charge is 2.49. The van der Waals surface area contributed by atoms with Crippen LogP contribution < -0.4 is 19.1 Å². The van der Waals surface area contributed by atoms with E-state index >= 15 is 0 Å². The van der Waals surface area contributed by atoms with Gasteiger partial charge in [0.2, 0.25) is 0 Å². The van der Waals surface area contributed by atoms with Crippen LogP contribution in [0.25, 0.3) is 24.3 Å². The third-order valence-corrected chi connectivity index (χ3v) is 12.8. The zero-order chi connectivity index (χ0) is 44.7. The first-order valence-corrected chi connectivity index (χ1v) is 23.8. The van der Waals surface area contributed by atoms with Crippen LogP contribution in [0, 0.1) is 0 Å². The third-order valence-electron chi connectivity index (χ3n) is 12.8. The van der Waals surface area contributed by atoms with Crippen molar-refractivity contribution in [2.75, 3.05) is 13.2 Å². The summed E-state index contributed by atoms with van der Waals surface area (Å²) in [6, 6.07) is 44.6. The van der Waals surface area contributed by atoms with Gasteiger partial charge in [0.1, 0.15) is 23.9 Å². The zero-order valence-electron chi connectivity index (χ0n) is 38.1. The van der Waals surface area contributed by atoms with Crippen LogP contribution >= 0.6 is 0 Å². The van der Waals surface area contributed by atoms with Crippen LogP contribution in [-0.4, -0.2) is 19.2 Å². The number of hydrogen-bond acceptors (Lipinski definition) is 6. The Morgan fingerprint density at radius 2 is 0.985 bits per heavy atom. The second kappa shape index (κ2) is 22.5. The molecule has 2 aliphatic carbocycles. The van der Waals surface area contributed by atoms with E-state index in [2.05, 4.69) is 92.7 Å². The number of hydrogen-bond donors (Lipinski definition) is 0. The highest BCUT2D eigenvalue weighted by molar-refractivity contribution is 5.92. The van der Waals surface area contributed by atoms with Gasteiger partial charge in [0.15, 0.2) is 5.75 Å². The molecule has 0 N–H and O–H groups in total. The molecule has 0 radical (unpaired) electrons. The summed E-state index contributed by atoms with van der Waals surface area (Å²) in [4.78, 5) is 25.9. The van der Waals surface area contributed by atoms with Crippen LogP contribution in [0.1, 0.15) is 138 Å². The lowest BCUT2D eigenvalue weighted by Crippen LogP contribution is -2.24. The van der Waals surface area contributed by atoms with E-state index in [1.54, 1.807) is 0 Å². The van der Waals surface area contributed by atoms with Crippen molar-refractivity contribution in [3.63, 3.8) is 0 Å². The average Bonchev–Trinajstić information content (AvgIpc) is 3.92. The monoisotopic (exact) mass is 866 g/mol. The van der Waals surface area contributed by atoms with E-state index in [9.17, 15) is 4.79 Å². The number of aryl methyl sites for hydroxylation is 2. The molecular weight excluding hydrogens is 805 g/mol. The number of unbranched alkanes of at least 4 members (excludes halogenated alkanes) is 6. The van der Waals surface area contributed by atoms with Crippen LogP contribution in [0.4, 0.5) is 0 Å². The molecule has 2 aliphatic rings. The summed E-state index contributed by atoms with van der Waals surface area (Å²) in [6.45, 7) is 6.26. The molecule has 1 spiro atoms. The molecule has 0 amide bonds. The largest absolute Gasteiger partial charge is 0.494 e. The Hall–Kier alpha value is -6.37. The molecular formula is C59H62O6. The summed E-state index contributed by atoms with van der Waals surface area (Å²) in [7, 11) is 0. The maximum Gasteiger partial charge on any atom is 0.343 e. The number of carbonyl (C=O) groups excluding carboxylic acids is 1. The quantitative estimate of drug-likeness (QED) is 0.0169. The predicted molar refractivity (Wildman–Crippen MR) is 264 cm³/mol. The zero-order valence-corrected chi connectivity index (χ0v) is 38.1. The maximum absolute atomic E-state index is 13.7. The molecule has 0 aliphatic heterocycles. The Morgan fingerprint density at radius 1 is 0.523 bits per heavy atom. The lowest BCUT2D eigenvalue weighted by Gasteiger charge is -2.29. The van der Waals surface area contributed by atoms with Crippen LogP contribution in [0.3, 0.4) is 0 Å². The normalized spacial score (nSPS) is 15.1. The number of rotatable bonds is 22. The molecule has 1 atom stereocenters. The van der Waals surface area contributed by atoms with Gasteiger partial charge in [-0.05, 0) is 126 Å². The van der Waals surface area contributed by atoms with Crippen molar-refractivity contribution in [3.8, 4) is 23.0 Å². The Kier molecular flexibility index (Phi) is 15.6. The number of carbonyl (C=O) groups is 1. The van der Waals surface area contributed by atoms with Crippen molar-refractivity contribution in [1.82, 2.24) is 0 Å². The molecule has 0 bridgehead atoms. The summed E-state index contributed by atoms with van der Waals surface area (Å²) in [5, 5.41) is 0. The highest BCUT2D eigenvalue weighted by atomic mass is 17.2. The Bertz CT molecular complexity index is 2510. The maximum atomic E-state index is 13.7. The minimum absolute atomic E-state index is 0.302. The van der Waals surface area contributed by atoms with Crippen LogP contribution in [0.5, 0.6) is 23.0 Å². The van der Waals surface area contributed by atoms with Gasteiger partial charge in [0, 0.05) is 16.5 Å². The lowest BCUT2D eigenvalue weighted by molar-refractivity contribution is -0.218. The summed E-state index contributed by atoms with van der Waals surface area (Å²) in [5.74, 6) is 2.76. The van der Waals surface area contributed by atoms with Crippen LogP contribution in [0.2, 0.25) is 0 Å². The molecule has 6 heteroatoms. The van der Waals surface area contributed by atoms with E-state index in [-0.39, 0.29) is 11.4 Å². The average molecular weight is 867 g/mol. The van der Waals surface area contributed by atoms with Crippen molar-refractivity contribution >= 4 is 30.3 Å². The summed E-state index contributed by atoms with van der Waals surface area (Å²) >= 11 is 0. The van der Waals surface area contributed by atoms with Gasteiger partial charge >= 0.3 is 5.97 Å². The second-order valence-corrected chi connectivity index (χ2v) is 17.4. The molecule has 6 aromatic rings. The van der Waals surface area contributed by atoms with Crippen molar-refractivity contribution < 1.29 is 28.8 Å². The molecule has 65 heavy (non-hydrogen) atoms. The number of esters is 1. The van der Waals surface area contributed by atoms with Gasteiger partial charge in [-0.25, -0.2) is 4.79 Å². The van der Waals surface area contributed by atoms with Gasteiger partial charge in [-0.3, -0.25) is 0 Å². The van der Waals surface area contributed by atoms with Gasteiger partial charge in [-0.15, -0.1) is 0 Å². The fourth-order valence-electron chi connectivity index (χ4n) is 9.20. The molecule has 8 rings (SSSR count). The van der Waals surface area contributed by atoms with Gasteiger partial charge in [0.05, 0.1) is 18.8 Å². The Labute approximate surface area is 385 Å². The molecule has 0 aromatic heterocycles. The summed E-state index contributed by atoms with van der Waals surface area (Å²) in [5.41, 5.74) is 10.1. The molecule has 0 fully saturated rings. The van der Waals surface area contributed by atoms with Gasteiger partial charge < -0.3 is 19.1 Å². The van der Waals surface area contributed by atoms with Crippen LogP contribution in [0.15, 0.2) is 133 Å². The minimum atomic E-state index is -0.374. The van der Waals surface area contributed by atoms with Gasteiger partial charge in [-0.1, -0.05) is 162 Å². The molecule has 0 saturated heterocycles. The first-order valence-electron chi connectivity index (χ1n) is 23.8. The smallest absolute Gasteiger partial charge is 0.343 e. The molecule has 334 valence electrons. The van der Waals surface area contributed by atoms with E-state index in [0.717, 1.165) is 102 Å². The van der Waals surface area contributed by atoms with E-state index in [4.69, 9.17) is 24.0 Å². The van der Waals surface area contributed by atoms with E-state index < -0.39 is 0 Å². The van der Waals surface area contributed by atoms with E-state index in [1.807, 2.05) is 78.9 Å². The lowest BCUT2D eigenvalue weighted by atomic mass is 9.76. The van der Waals surface area contributed by atoms with Crippen molar-refractivity contribution in [2.45, 2.75) is 103 Å². The molecule has 0 heterocycles. The fraction of sp³-hybridized carbons (Fsp3) is 0.305. The standard InChI is InChI=1S/C59H62O6/c1-3-5-7-9-41-61-52-33-27-46(28-34-52)19-17-44-21-23-48(24-22-44)43-63-65-55-16-12-14-50-38-40-59(57(50)55)39-37-49-13-11-15-54(56(49)59)64-58(60)51-31-25-45(26-32-51)18-20-47-29-35-53(36-30-47)62-42-10-8-6-4-2/h11-36H,3-10,37-43H2,1-2H3. The number of fused-ring (bicyclic) bond motifs is 4. The van der Waals surface area contributed by atoms with E-state index in [0.29, 0.717) is 23.7 Å². The van der Waals surface area contributed by atoms with Crippen molar-refractivity contribution in [3.05, 3.63) is 189 Å². The van der Waals surface area contributed by atoms with Gasteiger partial charge in [-0.2, -0.15) is 4.89 Å². The highest BCUT2D eigenvalue weighted by Crippen LogP contribution is 2.57. The molecule has 0 saturated carbocycles. The first kappa shape index (κ1) is 45.2. The van der Waals surface area contributed by atoms with Crippen LogP contribution in [-0.2, 0) is 29.8 Å². The molecule has 6 nitrogen and oxygen atoms in total. The second-order valence-electron chi connectivity index (χ2n) is 17.4. The topological polar surface area (TPSA) is 63.2 Å². The van der Waals surface area contributed by atoms with Crippen molar-refractivity contribution in [2.24, 2.45) is 0 Å². The number of benzene rings is 6. The number of ether oxygens (including phenoxy) is 3. The van der Waals surface area contributed by atoms with Gasteiger partial charge in [0.25, 0.3) is 0 Å². The predicted octanol–water partition coefficient (Wildman–Crippen LogP) is 14.9. The minimum Gasteiger partial charge on any atom is -0.494 e. The van der Waals surface area contributed by atoms with Crippen molar-refractivity contribution in [1.29, 1.82) is 0 Å². The molecule has 1 unspecified atom stereocenters. The Balaban J connectivity index is 0.868. The SMILES string of the molecule is CCCCCCOc1ccc(C=Cc2ccc(COOc3cccc4c3C3(CC4)CCc4cccc(OC(=O)c5ccc(C=Cc6ccc(OCCCCCC)cc6)cc5)c43)cc2)cc1. The third kappa shape index (κ3) is 11.7. The summed E-state index contributed by atoms with van der Waals surface area (Å²) < 4.78 is 18.1. The molecule has 6 aromatic carbocycles.